The van der Waals surface area contributed by atoms with Crippen molar-refractivity contribution < 1.29 is 37.6 Å². The Kier molecular flexibility index (Phi) is 71.9. The van der Waals surface area contributed by atoms with Gasteiger partial charge in [0, 0.05) is 19.4 Å². The zero-order chi connectivity index (χ0) is 64.4. The van der Waals surface area contributed by atoms with E-state index in [-0.39, 0.29) is 38.6 Å². The Hall–Kier alpha value is -2.81. The summed E-state index contributed by atoms with van der Waals surface area (Å²) < 4.78 is 33.2. The Labute approximate surface area is 551 Å². The van der Waals surface area contributed by atoms with Gasteiger partial charge < -0.3 is 20.1 Å². The summed E-state index contributed by atoms with van der Waals surface area (Å²) in [6, 6.07) is 0. The highest BCUT2D eigenvalue weighted by Crippen LogP contribution is 2.43. The van der Waals surface area contributed by atoms with E-state index in [0.29, 0.717) is 6.42 Å². The highest BCUT2D eigenvalue weighted by Gasteiger charge is 2.26. The first-order valence-corrected chi connectivity index (χ1v) is 39.6. The van der Waals surface area contributed by atoms with Crippen molar-refractivity contribution >= 4 is 19.8 Å². The van der Waals surface area contributed by atoms with Crippen LogP contribution in [0.5, 0.6) is 0 Å². The molecule has 518 valence electrons. The van der Waals surface area contributed by atoms with Crippen LogP contribution in [0.4, 0.5) is 0 Å². The molecule has 0 aliphatic carbocycles. The molecular formula is C79H144NO8P. The molecule has 2 atom stereocenters. The molecule has 89 heavy (non-hydrogen) atoms. The van der Waals surface area contributed by atoms with Crippen molar-refractivity contribution in [1.82, 2.24) is 0 Å². The number of nitrogens with two attached hydrogens (primary N) is 1. The standard InChI is InChI=1S/C79H144NO8P/c1-3-5-7-9-11-13-15-17-19-21-23-25-27-29-31-33-34-35-36-37-38-39-40-41-42-44-45-47-49-51-53-55-57-59-61-63-65-67-69-71-78(81)85-75-77(76-87-89(83,84)86-74-73-80)88-79(82)72-70-68-66-64-62-60-58-56-54-52-50-48-46-43-32-30-28-26-24-22-20-18-16-14-12-10-8-6-4-2/h6,8,12,14,18,20,24,26,30,32,46,48,52,54,77H,3-5,7,9-11,13,15-17,19,21-23,25,27-29,31,33-45,47,49-51,53,55-76,80H2,1-2H3,(H,83,84)/b8-6-,14-12-,20-18-,26-24-,32-30-,48-46-,54-52-. The lowest BCUT2D eigenvalue weighted by Gasteiger charge is -2.19. The number of unbranched alkanes of at least 4 members (excludes halogenated alkanes) is 45. The van der Waals surface area contributed by atoms with E-state index in [2.05, 4.69) is 98.9 Å². The third-order valence-corrected chi connectivity index (χ3v) is 17.8. The van der Waals surface area contributed by atoms with E-state index in [0.717, 1.165) is 89.9 Å². The van der Waals surface area contributed by atoms with Crippen LogP contribution in [-0.2, 0) is 32.7 Å². The van der Waals surface area contributed by atoms with Gasteiger partial charge >= 0.3 is 19.8 Å². The van der Waals surface area contributed by atoms with Crippen molar-refractivity contribution in [3.63, 3.8) is 0 Å². The number of esters is 2. The predicted molar refractivity (Wildman–Crippen MR) is 386 cm³/mol. The second kappa shape index (κ2) is 74.2. The minimum absolute atomic E-state index is 0.0490. The second-order valence-corrected chi connectivity index (χ2v) is 27.0. The highest BCUT2D eigenvalue weighted by molar-refractivity contribution is 7.47. The number of ether oxygens (including phenoxy) is 2. The Morgan fingerprint density at radius 3 is 0.921 bits per heavy atom. The number of phosphoric acid groups is 1. The summed E-state index contributed by atoms with van der Waals surface area (Å²) >= 11 is 0. The summed E-state index contributed by atoms with van der Waals surface area (Å²) in [6.07, 6.45) is 100. The molecule has 0 aliphatic rings. The fourth-order valence-corrected chi connectivity index (χ4v) is 12.0. The molecule has 0 saturated heterocycles. The Bertz CT molecular complexity index is 1740. The quantitative estimate of drug-likeness (QED) is 0.0264. The number of hydrogen-bond donors (Lipinski definition) is 2. The van der Waals surface area contributed by atoms with Crippen molar-refractivity contribution in [2.75, 3.05) is 26.4 Å². The molecule has 10 heteroatoms. The predicted octanol–water partition coefficient (Wildman–Crippen LogP) is 25.3. The van der Waals surface area contributed by atoms with E-state index in [1.54, 1.807) is 0 Å². The van der Waals surface area contributed by atoms with Crippen LogP contribution in [0, 0.1) is 0 Å². The van der Waals surface area contributed by atoms with Crippen molar-refractivity contribution in [3.8, 4) is 0 Å². The molecule has 0 aromatic carbocycles. The topological polar surface area (TPSA) is 134 Å². The molecule has 0 spiro atoms. The average Bonchev–Trinajstić information content (AvgIpc) is 3.68. The summed E-state index contributed by atoms with van der Waals surface area (Å²) in [7, 11) is -4.40. The van der Waals surface area contributed by atoms with Gasteiger partial charge in [-0.05, 0) is 70.6 Å². The monoisotopic (exact) mass is 1270 g/mol. The van der Waals surface area contributed by atoms with Gasteiger partial charge in [0.1, 0.15) is 6.61 Å². The molecule has 2 unspecified atom stereocenters. The molecule has 0 amide bonds. The number of carbonyl (C=O) groups excluding carboxylic acids is 2. The van der Waals surface area contributed by atoms with Crippen LogP contribution in [0.3, 0.4) is 0 Å². The molecule has 0 bridgehead atoms. The molecule has 0 saturated carbocycles. The zero-order valence-corrected chi connectivity index (χ0v) is 59.3. The molecule has 0 rings (SSSR count). The van der Waals surface area contributed by atoms with Crippen LogP contribution in [0.25, 0.3) is 0 Å². The van der Waals surface area contributed by atoms with Crippen LogP contribution in [0.2, 0.25) is 0 Å². The number of phosphoric ester groups is 1. The maximum atomic E-state index is 12.8. The maximum Gasteiger partial charge on any atom is 0.472 e. The van der Waals surface area contributed by atoms with E-state index in [9.17, 15) is 19.0 Å². The van der Waals surface area contributed by atoms with Gasteiger partial charge in [-0.1, -0.05) is 375 Å². The van der Waals surface area contributed by atoms with E-state index in [1.807, 2.05) is 0 Å². The first-order valence-electron chi connectivity index (χ1n) is 38.1. The molecule has 0 aromatic rings. The fraction of sp³-hybridized carbons (Fsp3) is 0.797. The lowest BCUT2D eigenvalue weighted by atomic mass is 10.0. The summed E-state index contributed by atoms with van der Waals surface area (Å²) in [5.41, 5.74) is 5.41. The molecular weight excluding hydrogens is 1120 g/mol. The van der Waals surface area contributed by atoms with Crippen LogP contribution in [-0.4, -0.2) is 49.3 Å². The van der Waals surface area contributed by atoms with E-state index < -0.39 is 26.5 Å². The minimum atomic E-state index is -4.40. The first-order chi connectivity index (χ1) is 43.8. The maximum absolute atomic E-state index is 12.8. The molecule has 0 heterocycles. The van der Waals surface area contributed by atoms with E-state index >= 15 is 0 Å². The van der Waals surface area contributed by atoms with Crippen LogP contribution >= 0.6 is 7.82 Å². The number of rotatable bonds is 72. The molecule has 9 nitrogen and oxygen atoms in total. The van der Waals surface area contributed by atoms with Gasteiger partial charge in [0.05, 0.1) is 13.2 Å². The average molecular weight is 1270 g/mol. The van der Waals surface area contributed by atoms with Crippen molar-refractivity contribution in [1.29, 1.82) is 0 Å². The number of hydrogen-bond acceptors (Lipinski definition) is 8. The SMILES string of the molecule is CC/C=C\C/C=C\C/C=C\C/C=C\C/C=C\C/C=C\C/C=C\CCCCCCCCCC(=O)OC(COC(=O)CCCCCCCCCCCCCCCCCCCCCCCCCCCCCCCCCCCCCCCCC)COP(=O)(O)OCCN. The zero-order valence-electron chi connectivity index (χ0n) is 58.4. The van der Waals surface area contributed by atoms with Crippen LogP contribution in [0.15, 0.2) is 85.1 Å². The number of allylic oxidation sites excluding steroid dienone is 14. The van der Waals surface area contributed by atoms with Gasteiger partial charge in [0.15, 0.2) is 6.10 Å². The van der Waals surface area contributed by atoms with Crippen molar-refractivity contribution in [3.05, 3.63) is 85.1 Å². The summed E-state index contributed by atoms with van der Waals surface area (Å²) in [4.78, 5) is 35.4. The van der Waals surface area contributed by atoms with Crippen LogP contribution < -0.4 is 5.73 Å². The molecule has 3 N–H and O–H groups in total. The van der Waals surface area contributed by atoms with Gasteiger partial charge in [-0.2, -0.15) is 0 Å². The Morgan fingerprint density at radius 2 is 0.618 bits per heavy atom. The van der Waals surface area contributed by atoms with E-state index in [1.165, 1.54) is 250 Å². The lowest BCUT2D eigenvalue weighted by Crippen LogP contribution is -2.29. The van der Waals surface area contributed by atoms with Crippen molar-refractivity contribution in [2.45, 2.75) is 380 Å². The lowest BCUT2D eigenvalue weighted by molar-refractivity contribution is -0.161. The largest absolute Gasteiger partial charge is 0.472 e. The first kappa shape index (κ1) is 86.2. The third kappa shape index (κ3) is 74.1. The third-order valence-electron chi connectivity index (χ3n) is 16.8. The molecule has 0 aromatic heterocycles. The summed E-state index contributed by atoms with van der Waals surface area (Å²) in [5.74, 6) is -0.829. The molecule has 0 radical (unpaired) electrons. The van der Waals surface area contributed by atoms with Gasteiger partial charge in [0.25, 0.3) is 0 Å². The molecule has 0 fully saturated rings. The van der Waals surface area contributed by atoms with Crippen LogP contribution in [0.1, 0.15) is 373 Å². The Morgan fingerprint density at radius 1 is 0.348 bits per heavy atom. The summed E-state index contributed by atoms with van der Waals surface area (Å²) in [6.45, 7) is 3.67. The number of carbonyl (C=O) groups is 2. The van der Waals surface area contributed by atoms with Gasteiger partial charge in [-0.25, -0.2) is 4.57 Å². The summed E-state index contributed by atoms with van der Waals surface area (Å²) in [5, 5.41) is 0. The molecule has 0 aliphatic heterocycles. The fourth-order valence-electron chi connectivity index (χ4n) is 11.2. The van der Waals surface area contributed by atoms with Gasteiger partial charge in [0.2, 0.25) is 0 Å². The van der Waals surface area contributed by atoms with Gasteiger partial charge in [-0.3, -0.25) is 18.6 Å². The Balaban J connectivity index is 3.81. The highest BCUT2D eigenvalue weighted by atomic mass is 31.2. The van der Waals surface area contributed by atoms with Crippen molar-refractivity contribution in [2.24, 2.45) is 5.73 Å². The smallest absolute Gasteiger partial charge is 0.462 e. The van der Waals surface area contributed by atoms with Gasteiger partial charge in [-0.15, -0.1) is 0 Å². The second-order valence-electron chi connectivity index (χ2n) is 25.5. The minimum Gasteiger partial charge on any atom is -0.462 e. The normalized spacial score (nSPS) is 13.3. The van der Waals surface area contributed by atoms with E-state index in [4.69, 9.17) is 24.3 Å².